The molecule has 0 fully saturated rings. The third-order valence-electron chi connectivity index (χ3n) is 4.87. The first kappa shape index (κ1) is 15.7. The van der Waals surface area contributed by atoms with Crippen molar-refractivity contribution < 1.29 is 4.90 Å². The van der Waals surface area contributed by atoms with Crippen LogP contribution in [0.1, 0.15) is 37.1 Å². The van der Waals surface area contributed by atoms with Gasteiger partial charge in [-0.05, 0) is 29.3 Å². The van der Waals surface area contributed by atoms with E-state index in [1.165, 1.54) is 35.2 Å². The van der Waals surface area contributed by atoms with Crippen LogP contribution in [-0.4, -0.2) is 51.7 Å². The van der Waals surface area contributed by atoms with Gasteiger partial charge in [0.25, 0.3) is 5.78 Å². The predicted octanol–water partition coefficient (Wildman–Crippen LogP) is 0.931. The second-order valence-electron chi connectivity index (χ2n) is 6.58. The van der Waals surface area contributed by atoms with Crippen LogP contribution in [-0.2, 0) is 13.0 Å². The normalized spacial score (nSPS) is 17.5. The minimum Gasteiger partial charge on any atom is -0.356 e. The summed E-state index contributed by atoms with van der Waals surface area (Å²) in [7, 11) is 2.26. The molecule has 128 valence electrons. The molecule has 3 aromatic heterocycles. The molecule has 7 nitrogen and oxygen atoms in total. The smallest absolute Gasteiger partial charge is 0.276 e. The molecule has 1 N–H and O–H groups in total. The summed E-state index contributed by atoms with van der Waals surface area (Å²) in [6.45, 7) is 8.67. The zero-order valence-corrected chi connectivity index (χ0v) is 15.4. The number of hydrogen-bond acceptors (Lipinski definition) is 6. The number of aromatic nitrogens is 5. The van der Waals surface area contributed by atoms with Gasteiger partial charge in [0.15, 0.2) is 0 Å². The number of tetrazole rings is 1. The van der Waals surface area contributed by atoms with Gasteiger partial charge in [0, 0.05) is 19.5 Å². The molecule has 3 aromatic rings. The third kappa shape index (κ3) is 2.44. The lowest BCUT2D eigenvalue weighted by molar-refractivity contribution is -0.895. The number of fused-ring (bicyclic) bond motifs is 5. The van der Waals surface area contributed by atoms with Crippen molar-refractivity contribution >= 4 is 33.1 Å². The maximum absolute atomic E-state index is 4.84. The fourth-order valence-electron chi connectivity index (χ4n) is 3.51. The van der Waals surface area contributed by atoms with Crippen molar-refractivity contribution in [3.05, 3.63) is 10.4 Å². The molecule has 0 aromatic carbocycles. The van der Waals surface area contributed by atoms with E-state index in [2.05, 4.69) is 41.3 Å². The first-order chi connectivity index (χ1) is 11.7. The van der Waals surface area contributed by atoms with Gasteiger partial charge in [-0.3, -0.25) is 0 Å². The molecule has 0 radical (unpaired) electrons. The zero-order chi connectivity index (χ0) is 16.7. The van der Waals surface area contributed by atoms with Gasteiger partial charge >= 0.3 is 0 Å². The van der Waals surface area contributed by atoms with Gasteiger partial charge in [0.2, 0.25) is 0 Å². The minimum atomic E-state index is 0.603. The van der Waals surface area contributed by atoms with E-state index in [9.17, 15) is 0 Å². The van der Waals surface area contributed by atoms with Crippen LogP contribution in [0.15, 0.2) is 0 Å². The predicted molar refractivity (Wildman–Crippen MR) is 95.9 cm³/mol. The highest BCUT2D eigenvalue weighted by Crippen LogP contribution is 2.37. The maximum Gasteiger partial charge on any atom is 0.276 e. The lowest BCUT2D eigenvalue weighted by Gasteiger charge is -2.24. The van der Waals surface area contributed by atoms with Crippen molar-refractivity contribution in [1.29, 1.82) is 0 Å². The van der Waals surface area contributed by atoms with Crippen LogP contribution >= 0.6 is 11.3 Å². The Balaban J connectivity index is 1.96. The van der Waals surface area contributed by atoms with Crippen molar-refractivity contribution in [2.24, 2.45) is 0 Å². The number of rotatable bonds is 5. The highest BCUT2D eigenvalue weighted by atomic mass is 32.1. The molecule has 0 aliphatic carbocycles. The van der Waals surface area contributed by atoms with Crippen LogP contribution in [0.4, 0.5) is 5.82 Å². The van der Waals surface area contributed by atoms with Gasteiger partial charge in [-0.1, -0.05) is 18.4 Å². The second-order valence-corrected chi connectivity index (χ2v) is 7.66. The van der Waals surface area contributed by atoms with Crippen LogP contribution in [0.25, 0.3) is 16.0 Å². The molecule has 0 bridgehead atoms. The minimum absolute atomic E-state index is 0.603. The fraction of sp³-hybridized carbons (Fsp3) is 0.625. The van der Waals surface area contributed by atoms with E-state index in [0.717, 1.165) is 36.7 Å². The molecule has 0 amide bonds. The molecule has 0 saturated heterocycles. The van der Waals surface area contributed by atoms with Crippen molar-refractivity contribution in [1.82, 2.24) is 25.0 Å². The largest absolute Gasteiger partial charge is 0.356 e. The Morgan fingerprint density at radius 1 is 1.33 bits per heavy atom. The topological polar surface area (TPSA) is 63.7 Å². The molecular weight excluding hydrogens is 322 g/mol. The molecule has 1 aliphatic rings. The summed E-state index contributed by atoms with van der Waals surface area (Å²) in [5.41, 5.74) is 1.47. The van der Waals surface area contributed by atoms with Gasteiger partial charge < -0.3 is 9.80 Å². The van der Waals surface area contributed by atoms with E-state index >= 15 is 0 Å². The van der Waals surface area contributed by atoms with E-state index in [-0.39, 0.29) is 0 Å². The van der Waals surface area contributed by atoms with Gasteiger partial charge in [-0.15, -0.1) is 11.3 Å². The standard InChI is InChI=1S/C16H23N7S/c1-4-6-8-22(5-2)14-13-11-7-9-21(3)10-12(11)24-15(13)23-16(17-14)18-19-20-23/h4-10H2,1-3H3/p+1. The van der Waals surface area contributed by atoms with E-state index in [0.29, 0.717) is 5.78 Å². The highest BCUT2D eigenvalue weighted by Gasteiger charge is 2.27. The zero-order valence-electron chi connectivity index (χ0n) is 14.5. The molecular formula is C16H24N7S+. The first-order valence-corrected chi connectivity index (χ1v) is 9.63. The molecule has 1 atom stereocenters. The number of nitrogens with one attached hydrogen (secondary N) is 1. The molecule has 0 saturated carbocycles. The summed E-state index contributed by atoms with van der Waals surface area (Å²) in [5.74, 6) is 1.67. The number of likely N-dealkylation sites (N-methyl/N-ethyl adjacent to an activating group) is 1. The summed E-state index contributed by atoms with van der Waals surface area (Å²) in [6.07, 6.45) is 3.46. The molecule has 4 heterocycles. The molecule has 24 heavy (non-hydrogen) atoms. The van der Waals surface area contributed by atoms with E-state index in [1.807, 2.05) is 15.9 Å². The third-order valence-corrected chi connectivity index (χ3v) is 6.08. The number of thiophene rings is 1. The molecule has 0 spiro atoms. The number of hydrogen-bond donors (Lipinski definition) is 1. The number of unbranched alkanes of at least 4 members (excludes halogenated alkanes) is 1. The van der Waals surface area contributed by atoms with Gasteiger partial charge in [-0.25, -0.2) is 0 Å². The van der Waals surface area contributed by atoms with E-state index in [4.69, 9.17) is 4.98 Å². The fourth-order valence-corrected chi connectivity index (χ4v) is 4.91. The quantitative estimate of drug-likeness (QED) is 0.745. The number of quaternary nitrogens is 1. The maximum atomic E-state index is 4.84. The van der Waals surface area contributed by atoms with Crippen LogP contribution in [0.3, 0.4) is 0 Å². The average molecular weight is 346 g/mol. The van der Waals surface area contributed by atoms with Gasteiger partial charge in [-0.2, -0.15) is 9.50 Å². The van der Waals surface area contributed by atoms with Crippen molar-refractivity contribution in [3.63, 3.8) is 0 Å². The summed E-state index contributed by atoms with van der Waals surface area (Å²) >= 11 is 1.84. The molecule has 1 aliphatic heterocycles. The Labute approximate surface area is 145 Å². The monoisotopic (exact) mass is 346 g/mol. The number of nitrogens with zero attached hydrogens (tertiary/aromatic N) is 6. The molecule has 4 rings (SSSR count). The lowest BCUT2D eigenvalue weighted by atomic mass is 10.1. The first-order valence-electron chi connectivity index (χ1n) is 8.81. The summed E-state index contributed by atoms with van der Waals surface area (Å²) < 4.78 is 1.81. The van der Waals surface area contributed by atoms with E-state index < -0.39 is 0 Å². The van der Waals surface area contributed by atoms with Crippen LogP contribution in [0.5, 0.6) is 0 Å². The average Bonchev–Trinajstić information content (AvgIpc) is 3.18. The molecule has 1 unspecified atom stereocenters. The number of anilines is 1. The summed E-state index contributed by atoms with van der Waals surface area (Å²) in [5, 5.41) is 13.4. The SMILES string of the molecule is CCCCN(CC)c1nc2nnnn2c2sc3c(c12)CC[NH+](C)C3. The van der Waals surface area contributed by atoms with Crippen LogP contribution in [0, 0.1) is 0 Å². The Bertz CT molecular complexity index is 868. The Kier molecular flexibility index (Phi) is 4.09. The van der Waals surface area contributed by atoms with Crippen LogP contribution in [0.2, 0.25) is 0 Å². The summed E-state index contributed by atoms with van der Waals surface area (Å²) in [4.78, 5) is 11.4. The highest BCUT2D eigenvalue weighted by molar-refractivity contribution is 7.19. The second kappa shape index (κ2) is 6.25. The van der Waals surface area contributed by atoms with Crippen molar-refractivity contribution in [2.45, 2.75) is 39.7 Å². The Hall–Kier alpha value is -1.80. The summed E-state index contributed by atoms with van der Waals surface area (Å²) in [6, 6.07) is 0. The van der Waals surface area contributed by atoms with Crippen molar-refractivity contribution in [3.8, 4) is 0 Å². The van der Waals surface area contributed by atoms with Gasteiger partial charge in [0.1, 0.15) is 17.2 Å². The van der Waals surface area contributed by atoms with E-state index in [1.54, 1.807) is 4.90 Å². The molecule has 8 heteroatoms. The lowest BCUT2D eigenvalue weighted by Crippen LogP contribution is -3.08. The van der Waals surface area contributed by atoms with Crippen LogP contribution < -0.4 is 9.80 Å². The van der Waals surface area contributed by atoms with Crippen molar-refractivity contribution in [2.75, 3.05) is 31.6 Å². The Morgan fingerprint density at radius 3 is 3.00 bits per heavy atom. The Morgan fingerprint density at radius 2 is 2.21 bits per heavy atom. The van der Waals surface area contributed by atoms with Gasteiger partial charge in [0.05, 0.1) is 23.9 Å².